The maximum atomic E-state index is 12.9. The number of urea groups is 1. The molecular formula is C13H14BrFN2O3. The lowest BCUT2D eigenvalue weighted by Gasteiger charge is -2.17. The van der Waals surface area contributed by atoms with Crippen LogP contribution in [0.3, 0.4) is 0 Å². The highest BCUT2D eigenvalue weighted by Crippen LogP contribution is 2.34. The molecule has 1 fully saturated rings. The summed E-state index contributed by atoms with van der Waals surface area (Å²) < 4.78 is 13.4. The van der Waals surface area contributed by atoms with Crippen molar-refractivity contribution in [3.05, 3.63) is 28.5 Å². The molecule has 0 saturated heterocycles. The summed E-state index contributed by atoms with van der Waals surface area (Å²) >= 11 is 3.15. The first kappa shape index (κ1) is 14.8. The van der Waals surface area contributed by atoms with E-state index in [0.29, 0.717) is 10.2 Å². The molecular weight excluding hydrogens is 331 g/mol. The van der Waals surface area contributed by atoms with Gasteiger partial charge in [0.05, 0.1) is 12.1 Å². The van der Waals surface area contributed by atoms with E-state index in [2.05, 4.69) is 26.6 Å². The normalized spacial score (nSPS) is 15.5. The number of carboxylic acid groups (broad SMARTS) is 1. The van der Waals surface area contributed by atoms with E-state index < -0.39 is 17.8 Å². The van der Waals surface area contributed by atoms with Gasteiger partial charge in [-0.1, -0.05) is 0 Å². The van der Waals surface area contributed by atoms with Crippen molar-refractivity contribution in [2.75, 3.05) is 5.32 Å². The molecule has 0 heterocycles. The molecule has 3 N–H and O–H groups in total. The maximum absolute atomic E-state index is 12.9. The first-order valence-corrected chi connectivity index (χ1v) is 6.99. The Morgan fingerprint density at radius 1 is 1.45 bits per heavy atom. The van der Waals surface area contributed by atoms with Crippen LogP contribution < -0.4 is 10.6 Å². The van der Waals surface area contributed by atoms with Crippen molar-refractivity contribution < 1.29 is 19.1 Å². The molecule has 0 spiro atoms. The average Bonchev–Trinajstić information content (AvgIpc) is 3.15. The number of hydrogen-bond donors (Lipinski definition) is 3. The molecule has 108 valence electrons. The van der Waals surface area contributed by atoms with Crippen molar-refractivity contribution in [1.82, 2.24) is 5.32 Å². The lowest BCUT2D eigenvalue weighted by Crippen LogP contribution is -2.40. The second-order valence-corrected chi connectivity index (χ2v) is 5.62. The second-order valence-electron chi connectivity index (χ2n) is 4.76. The van der Waals surface area contributed by atoms with Crippen LogP contribution in [0.5, 0.6) is 0 Å². The van der Waals surface area contributed by atoms with Gasteiger partial charge in [0.15, 0.2) is 0 Å². The lowest BCUT2D eigenvalue weighted by atomic mass is 10.1. The summed E-state index contributed by atoms with van der Waals surface area (Å²) in [6, 6.07) is 3.05. The van der Waals surface area contributed by atoms with E-state index in [0.717, 1.165) is 12.8 Å². The highest BCUT2D eigenvalue weighted by Gasteiger charge is 2.33. The number of amides is 2. The van der Waals surface area contributed by atoms with E-state index in [1.54, 1.807) is 0 Å². The predicted octanol–water partition coefficient (Wildman–Crippen LogP) is 2.96. The minimum Gasteiger partial charge on any atom is -0.481 e. The summed E-state index contributed by atoms with van der Waals surface area (Å²) in [5.74, 6) is -1.12. The molecule has 7 heteroatoms. The maximum Gasteiger partial charge on any atom is 0.319 e. The highest BCUT2D eigenvalue weighted by molar-refractivity contribution is 9.10. The van der Waals surface area contributed by atoms with Gasteiger partial charge in [-0.25, -0.2) is 9.18 Å². The van der Waals surface area contributed by atoms with Crippen molar-refractivity contribution in [2.24, 2.45) is 5.92 Å². The molecule has 2 rings (SSSR count). The largest absolute Gasteiger partial charge is 0.481 e. The van der Waals surface area contributed by atoms with E-state index in [9.17, 15) is 14.0 Å². The zero-order chi connectivity index (χ0) is 14.7. The fourth-order valence-corrected chi connectivity index (χ4v) is 2.39. The molecule has 0 aromatic heterocycles. The minimum atomic E-state index is -0.940. The summed E-state index contributed by atoms with van der Waals surface area (Å²) in [6.45, 7) is 0. The molecule has 1 aliphatic carbocycles. The predicted molar refractivity (Wildman–Crippen MR) is 75.0 cm³/mol. The van der Waals surface area contributed by atoms with Gasteiger partial charge < -0.3 is 15.7 Å². The number of carboxylic acids is 1. The highest BCUT2D eigenvalue weighted by atomic mass is 79.9. The molecule has 1 aliphatic rings. The van der Waals surface area contributed by atoms with E-state index >= 15 is 0 Å². The first-order chi connectivity index (χ1) is 9.45. The van der Waals surface area contributed by atoms with Gasteiger partial charge in [0.2, 0.25) is 0 Å². The van der Waals surface area contributed by atoms with Crippen LogP contribution in [0.4, 0.5) is 14.9 Å². The number of hydrogen-bond acceptors (Lipinski definition) is 2. The molecule has 1 atom stereocenters. The zero-order valence-electron chi connectivity index (χ0n) is 10.5. The molecule has 1 unspecified atom stereocenters. The number of benzene rings is 1. The molecule has 0 bridgehead atoms. The number of nitrogens with one attached hydrogen (secondary N) is 2. The van der Waals surface area contributed by atoms with Crippen molar-refractivity contribution in [2.45, 2.75) is 25.3 Å². The fraction of sp³-hybridized carbons (Fsp3) is 0.385. The van der Waals surface area contributed by atoms with Gasteiger partial charge in [-0.05, 0) is 52.9 Å². The molecule has 0 aliphatic heterocycles. The van der Waals surface area contributed by atoms with Crippen molar-refractivity contribution in [1.29, 1.82) is 0 Å². The molecule has 20 heavy (non-hydrogen) atoms. The average molecular weight is 345 g/mol. The van der Waals surface area contributed by atoms with Crippen LogP contribution in [0.2, 0.25) is 0 Å². The molecule has 0 radical (unpaired) electrons. The molecule has 2 amide bonds. The Morgan fingerprint density at radius 2 is 2.15 bits per heavy atom. The Morgan fingerprint density at radius 3 is 2.70 bits per heavy atom. The third kappa shape index (κ3) is 4.19. The monoisotopic (exact) mass is 344 g/mol. The summed E-state index contributed by atoms with van der Waals surface area (Å²) in [4.78, 5) is 22.6. The smallest absolute Gasteiger partial charge is 0.319 e. The van der Waals surface area contributed by atoms with E-state index in [1.807, 2.05) is 0 Å². The van der Waals surface area contributed by atoms with Crippen LogP contribution >= 0.6 is 15.9 Å². The van der Waals surface area contributed by atoms with Crippen LogP contribution in [0.25, 0.3) is 0 Å². The summed E-state index contributed by atoms with van der Waals surface area (Å²) in [5, 5.41) is 14.0. The summed E-state index contributed by atoms with van der Waals surface area (Å²) in [6.07, 6.45) is 1.76. The number of rotatable bonds is 5. The minimum absolute atomic E-state index is 0.0946. The second kappa shape index (κ2) is 6.21. The SMILES string of the molecule is O=C(O)CC(NC(=O)Nc1ccc(F)cc1Br)C1CC1. The van der Waals surface area contributed by atoms with Crippen LogP contribution in [0.15, 0.2) is 22.7 Å². The van der Waals surface area contributed by atoms with E-state index in [1.165, 1.54) is 18.2 Å². The number of aliphatic carboxylic acids is 1. The van der Waals surface area contributed by atoms with Crippen LogP contribution in [0, 0.1) is 11.7 Å². The Bertz CT molecular complexity index is 534. The van der Waals surface area contributed by atoms with E-state index in [-0.39, 0.29) is 18.4 Å². The van der Waals surface area contributed by atoms with Crippen LogP contribution in [0.1, 0.15) is 19.3 Å². The van der Waals surface area contributed by atoms with Crippen molar-refractivity contribution in [3.63, 3.8) is 0 Å². The molecule has 5 nitrogen and oxygen atoms in total. The van der Waals surface area contributed by atoms with Gasteiger partial charge in [0.1, 0.15) is 5.82 Å². The summed E-state index contributed by atoms with van der Waals surface area (Å²) in [7, 11) is 0. The molecule has 1 aromatic rings. The quantitative estimate of drug-likeness (QED) is 0.768. The standard InChI is InChI=1S/C13H14BrFN2O3/c14-9-5-8(15)3-4-10(9)16-13(20)17-11(6-12(18)19)7-1-2-7/h3-5,7,11H,1-2,6H2,(H,18,19)(H2,16,17,20). The van der Waals surface area contributed by atoms with Crippen LogP contribution in [-0.2, 0) is 4.79 Å². The van der Waals surface area contributed by atoms with Crippen LogP contribution in [-0.4, -0.2) is 23.1 Å². The topological polar surface area (TPSA) is 78.4 Å². The van der Waals surface area contributed by atoms with Crippen molar-refractivity contribution >= 4 is 33.6 Å². The van der Waals surface area contributed by atoms with Gasteiger partial charge in [-0.3, -0.25) is 4.79 Å². The third-order valence-electron chi connectivity index (χ3n) is 3.08. The first-order valence-electron chi connectivity index (χ1n) is 6.20. The van der Waals surface area contributed by atoms with E-state index in [4.69, 9.17) is 5.11 Å². The molecule has 1 saturated carbocycles. The number of halogens is 2. The Labute approximate surface area is 123 Å². The van der Waals surface area contributed by atoms with Gasteiger partial charge >= 0.3 is 12.0 Å². The number of carbonyl (C=O) groups excluding carboxylic acids is 1. The molecule has 1 aromatic carbocycles. The lowest BCUT2D eigenvalue weighted by molar-refractivity contribution is -0.137. The summed E-state index contributed by atoms with van der Waals surface area (Å²) in [5.41, 5.74) is 0.425. The fourth-order valence-electron chi connectivity index (χ4n) is 1.94. The van der Waals surface area contributed by atoms with Crippen molar-refractivity contribution in [3.8, 4) is 0 Å². The number of anilines is 1. The van der Waals surface area contributed by atoms with Gasteiger partial charge in [0.25, 0.3) is 0 Å². The zero-order valence-corrected chi connectivity index (χ0v) is 12.1. The Kier molecular flexibility index (Phi) is 4.59. The third-order valence-corrected chi connectivity index (χ3v) is 3.74. The number of carbonyl (C=O) groups is 2. The Balaban J connectivity index is 1.95. The Hall–Kier alpha value is -1.63. The van der Waals surface area contributed by atoms with Gasteiger partial charge in [-0.15, -0.1) is 0 Å². The van der Waals surface area contributed by atoms with Gasteiger partial charge in [-0.2, -0.15) is 0 Å². The van der Waals surface area contributed by atoms with Gasteiger partial charge in [0, 0.05) is 10.5 Å².